The van der Waals surface area contributed by atoms with Crippen molar-refractivity contribution >= 4 is 6.08 Å². The van der Waals surface area contributed by atoms with Crippen molar-refractivity contribution in [3.63, 3.8) is 0 Å². The van der Waals surface area contributed by atoms with E-state index in [9.17, 15) is 5.11 Å². The Morgan fingerprint density at radius 3 is 2.73 bits per heavy atom. The number of aromatic amines is 1. The fourth-order valence-corrected chi connectivity index (χ4v) is 1.22. The fourth-order valence-electron chi connectivity index (χ4n) is 1.22. The minimum Gasteiger partial charge on any atom is -0.383 e. The number of nitrogens with one attached hydrogen (secondary N) is 1. The number of hydrogen-bond donors (Lipinski definition) is 2. The first-order valence-electron chi connectivity index (χ1n) is 4.64. The summed E-state index contributed by atoms with van der Waals surface area (Å²) in [4.78, 5) is 0. The molecule has 2 rings (SSSR count). The van der Waals surface area contributed by atoms with Gasteiger partial charge >= 0.3 is 0 Å². The Balaban J connectivity index is 2.06. The molecule has 0 amide bonds. The van der Waals surface area contributed by atoms with Crippen LogP contribution in [0.1, 0.15) is 17.4 Å². The van der Waals surface area contributed by atoms with Crippen molar-refractivity contribution < 1.29 is 5.11 Å². The second-order valence-electron chi connectivity index (χ2n) is 3.11. The number of aliphatic hydroxyl groups excluding tert-OH is 1. The maximum absolute atomic E-state index is 9.66. The number of rotatable bonds is 3. The van der Waals surface area contributed by atoms with Crippen molar-refractivity contribution in [2.75, 3.05) is 0 Å². The van der Waals surface area contributed by atoms with Crippen LogP contribution in [-0.2, 0) is 0 Å². The van der Waals surface area contributed by atoms with Crippen LogP contribution in [0.3, 0.4) is 0 Å². The maximum atomic E-state index is 9.66. The molecule has 0 radical (unpaired) electrons. The highest BCUT2D eigenvalue weighted by atomic mass is 16.3. The molecule has 0 saturated heterocycles. The van der Waals surface area contributed by atoms with E-state index in [2.05, 4.69) is 15.4 Å². The van der Waals surface area contributed by atoms with Crippen LogP contribution < -0.4 is 0 Å². The molecule has 1 unspecified atom stereocenters. The van der Waals surface area contributed by atoms with Gasteiger partial charge in [0.2, 0.25) is 0 Å². The van der Waals surface area contributed by atoms with Crippen LogP contribution in [0.25, 0.3) is 6.08 Å². The van der Waals surface area contributed by atoms with Gasteiger partial charge in [-0.15, -0.1) is 5.10 Å². The van der Waals surface area contributed by atoms with Crippen LogP contribution in [0.15, 0.2) is 42.6 Å². The molecule has 1 atom stereocenters. The third kappa shape index (κ3) is 2.51. The van der Waals surface area contributed by atoms with Gasteiger partial charge in [-0.25, -0.2) is 0 Å². The topological polar surface area (TPSA) is 61.8 Å². The van der Waals surface area contributed by atoms with E-state index in [1.807, 2.05) is 36.4 Å². The Labute approximate surface area is 87.3 Å². The van der Waals surface area contributed by atoms with Gasteiger partial charge in [-0.2, -0.15) is 0 Å². The Morgan fingerprint density at radius 1 is 1.27 bits per heavy atom. The summed E-state index contributed by atoms with van der Waals surface area (Å²) >= 11 is 0. The van der Waals surface area contributed by atoms with Gasteiger partial charge in [-0.05, 0) is 11.6 Å². The zero-order chi connectivity index (χ0) is 10.5. The third-order valence-electron chi connectivity index (χ3n) is 2.01. The molecule has 0 bridgehead atoms. The summed E-state index contributed by atoms with van der Waals surface area (Å²) in [5.41, 5.74) is 1.56. The Hall–Kier alpha value is -1.94. The normalized spacial score (nSPS) is 13.1. The first kappa shape index (κ1) is 9.61. The molecular formula is C11H11N3O. The molecule has 0 aliphatic rings. The lowest BCUT2D eigenvalue weighted by atomic mass is 10.1. The van der Waals surface area contributed by atoms with Crippen LogP contribution in [0, 0.1) is 0 Å². The maximum Gasteiger partial charge on any atom is 0.118 e. The molecule has 0 spiro atoms. The molecule has 0 aliphatic heterocycles. The Bertz CT molecular complexity index is 422. The second kappa shape index (κ2) is 4.52. The fraction of sp³-hybridized carbons (Fsp3) is 0.0909. The predicted octanol–water partition coefficient (Wildman–Crippen LogP) is 1.55. The summed E-state index contributed by atoms with van der Waals surface area (Å²) in [5.74, 6) is 0. The zero-order valence-corrected chi connectivity index (χ0v) is 8.04. The van der Waals surface area contributed by atoms with E-state index < -0.39 is 6.10 Å². The molecule has 0 aliphatic carbocycles. The van der Waals surface area contributed by atoms with Crippen molar-refractivity contribution in [3.05, 3.63) is 53.9 Å². The van der Waals surface area contributed by atoms with Crippen molar-refractivity contribution in [2.45, 2.75) is 6.10 Å². The lowest BCUT2D eigenvalue weighted by molar-refractivity contribution is 0.224. The van der Waals surface area contributed by atoms with E-state index in [-0.39, 0.29) is 0 Å². The van der Waals surface area contributed by atoms with Crippen LogP contribution in [0.5, 0.6) is 0 Å². The first-order chi connectivity index (χ1) is 7.36. The lowest BCUT2D eigenvalue weighted by Crippen LogP contribution is -1.92. The van der Waals surface area contributed by atoms with Gasteiger partial charge in [-0.1, -0.05) is 41.6 Å². The van der Waals surface area contributed by atoms with Crippen molar-refractivity contribution in [1.82, 2.24) is 15.4 Å². The molecule has 15 heavy (non-hydrogen) atoms. The smallest absolute Gasteiger partial charge is 0.118 e. The third-order valence-corrected chi connectivity index (χ3v) is 2.01. The minimum absolute atomic E-state index is 0.516. The van der Waals surface area contributed by atoms with Crippen molar-refractivity contribution in [3.8, 4) is 0 Å². The summed E-state index contributed by atoms with van der Waals surface area (Å²) in [7, 11) is 0. The largest absolute Gasteiger partial charge is 0.383 e. The highest BCUT2D eigenvalue weighted by Crippen LogP contribution is 2.11. The molecule has 0 saturated carbocycles. The Kier molecular flexibility index (Phi) is 2.90. The zero-order valence-electron chi connectivity index (χ0n) is 8.04. The standard InChI is InChI=1S/C11H11N3O/c15-11(10-8-12-14-13-10)7-6-9-4-2-1-3-5-9/h1-8,11,15H,(H,12,13,14). The van der Waals surface area contributed by atoms with E-state index in [1.54, 1.807) is 12.3 Å². The predicted molar refractivity (Wildman–Crippen MR) is 56.8 cm³/mol. The highest BCUT2D eigenvalue weighted by Gasteiger charge is 2.04. The number of aliphatic hydroxyl groups is 1. The van der Waals surface area contributed by atoms with E-state index >= 15 is 0 Å². The minimum atomic E-state index is -0.719. The van der Waals surface area contributed by atoms with Crippen molar-refractivity contribution in [1.29, 1.82) is 0 Å². The van der Waals surface area contributed by atoms with Gasteiger partial charge in [0, 0.05) is 6.20 Å². The quantitative estimate of drug-likeness (QED) is 0.792. The molecule has 0 fully saturated rings. The van der Waals surface area contributed by atoms with Gasteiger partial charge < -0.3 is 5.11 Å². The average Bonchev–Trinajstić information content (AvgIpc) is 2.81. The lowest BCUT2D eigenvalue weighted by Gasteiger charge is -1.98. The molecule has 1 aromatic carbocycles. The molecule has 2 aromatic rings. The van der Waals surface area contributed by atoms with Crippen LogP contribution in [-0.4, -0.2) is 20.5 Å². The number of benzene rings is 1. The van der Waals surface area contributed by atoms with Crippen LogP contribution in [0.2, 0.25) is 0 Å². The SMILES string of the molecule is OC(C=Cc1ccccc1)c1c[nH]nn1. The van der Waals surface area contributed by atoms with Gasteiger partial charge in [-0.3, -0.25) is 5.10 Å². The van der Waals surface area contributed by atoms with Gasteiger partial charge in [0.15, 0.2) is 0 Å². The Morgan fingerprint density at radius 2 is 2.07 bits per heavy atom. The number of hydrogen-bond acceptors (Lipinski definition) is 3. The summed E-state index contributed by atoms with van der Waals surface area (Å²) < 4.78 is 0. The average molecular weight is 201 g/mol. The summed E-state index contributed by atoms with van der Waals surface area (Å²) in [6, 6.07) is 9.77. The second-order valence-corrected chi connectivity index (χ2v) is 3.11. The summed E-state index contributed by atoms with van der Waals surface area (Å²) in [6.07, 6.45) is 4.37. The van der Waals surface area contributed by atoms with Gasteiger partial charge in [0.05, 0.1) is 0 Å². The first-order valence-corrected chi connectivity index (χ1v) is 4.64. The van der Waals surface area contributed by atoms with Gasteiger partial charge in [0.1, 0.15) is 11.8 Å². The summed E-state index contributed by atoms with van der Waals surface area (Å²) in [5, 5.41) is 19.5. The molecule has 76 valence electrons. The van der Waals surface area contributed by atoms with Gasteiger partial charge in [0.25, 0.3) is 0 Å². The highest BCUT2D eigenvalue weighted by molar-refractivity contribution is 5.49. The molecular weight excluding hydrogens is 190 g/mol. The van der Waals surface area contributed by atoms with E-state index in [0.29, 0.717) is 5.69 Å². The molecule has 1 heterocycles. The molecule has 4 heteroatoms. The summed E-state index contributed by atoms with van der Waals surface area (Å²) in [6.45, 7) is 0. The number of aromatic nitrogens is 3. The van der Waals surface area contributed by atoms with Crippen LogP contribution >= 0.6 is 0 Å². The van der Waals surface area contributed by atoms with E-state index in [0.717, 1.165) is 5.56 Å². The van der Waals surface area contributed by atoms with Crippen LogP contribution in [0.4, 0.5) is 0 Å². The molecule has 1 aromatic heterocycles. The molecule has 4 nitrogen and oxygen atoms in total. The van der Waals surface area contributed by atoms with E-state index in [4.69, 9.17) is 0 Å². The number of H-pyrrole nitrogens is 1. The van der Waals surface area contributed by atoms with Crippen molar-refractivity contribution in [2.24, 2.45) is 0 Å². The monoisotopic (exact) mass is 201 g/mol. The number of nitrogens with zero attached hydrogens (tertiary/aromatic N) is 2. The van der Waals surface area contributed by atoms with E-state index in [1.165, 1.54) is 0 Å². The molecule has 2 N–H and O–H groups in total.